The Labute approximate surface area is 128 Å². The van der Waals surface area contributed by atoms with Crippen LogP contribution >= 0.6 is 11.6 Å². The standard InChI is InChI=1S/C14H16ClFO4S/c1-20-13(17)7-14(4-5-14)9-21(18,19)8-10-2-3-11(15)6-12(10)16/h2-3,6H,4-5,7-9H2,1H3. The second kappa shape index (κ2) is 5.93. The Bertz CT molecular complexity index is 653. The fourth-order valence-electron chi connectivity index (χ4n) is 2.32. The SMILES string of the molecule is COC(=O)CC1(CS(=O)(=O)Cc2ccc(Cl)cc2F)CC1. The van der Waals surface area contributed by atoms with E-state index in [2.05, 4.69) is 4.74 Å². The summed E-state index contributed by atoms with van der Waals surface area (Å²) in [6.07, 6.45) is 1.43. The number of hydrogen-bond donors (Lipinski definition) is 0. The van der Waals surface area contributed by atoms with Gasteiger partial charge in [-0.2, -0.15) is 0 Å². The van der Waals surface area contributed by atoms with Crippen LogP contribution in [0.1, 0.15) is 24.8 Å². The fourth-order valence-corrected chi connectivity index (χ4v) is 4.61. The zero-order valence-corrected chi connectivity index (χ0v) is 13.1. The van der Waals surface area contributed by atoms with Crippen LogP contribution in [0.2, 0.25) is 5.02 Å². The average molecular weight is 335 g/mol. The maximum Gasteiger partial charge on any atom is 0.306 e. The van der Waals surface area contributed by atoms with Gasteiger partial charge in [-0.1, -0.05) is 17.7 Å². The molecule has 7 heteroatoms. The van der Waals surface area contributed by atoms with Crippen molar-refractivity contribution in [3.05, 3.63) is 34.6 Å². The molecular weight excluding hydrogens is 319 g/mol. The van der Waals surface area contributed by atoms with E-state index in [9.17, 15) is 17.6 Å². The summed E-state index contributed by atoms with van der Waals surface area (Å²) in [5.41, 5.74) is -0.442. The van der Waals surface area contributed by atoms with Gasteiger partial charge < -0.3 is 4.74 Å². The van der Waals surface area contributed by atoms with Gasteiger partial charge in [-0.15, -0.1) is 0 Å². The largest absolute Gasteiger partial charge is 0.469 e. The normalized spacial score (nSPS) is 16.5. The van der Waals surface area contributed by atoms with Gasteiger partial charge in [-0.25, -0.2) is 12.8 Å². The van der Waals surface area contributed by atoms with E-state index >= 15 is 0 Å². The molecule has 0 spiro atoms. The molecule has 0 amide bonds. The van der Waals surface area contributed by atoms with E-state index < -0.39 is 27.0 Å². The van der Waals surface area contributed by atoms with Crippen LogP contribution in [0.15, 0.2) is 18.2 Å². The van der Waals surface area contributed by atoms with E-state index in [1.54, 1.807) is 0 Å². The van der Waals surface area contributed by atoms with E-state index in [1.807, 2.05) is 0 Å². The Balaban J connectivity index is 2.07. The van der Waals surface area contributed by atoms with Gasteiger partial charge in [-0.3, -0.25) is 4.79 Å². The van der Waals surface area contributed by atoms with Crippen LogP contribution in [-0.2, 0) is 25.1 Å². The van der Waals surface area contributed by atoms with Gasteiger partial charge in [0.15, 0.2) is 9.84 Å². The molecule has 0 saturated heterocycles. The maximum atomic E-state index is 13.7. The molecule has 1 aliphatic carbocycles. The molecule has 0 bridgehead atoms. The Morgan fingerprint density at radius 3 is 2.62 bits per heavy atom. The van der Waals surface area contributed by atoms with Crippen LogP contribution in [0.3, 0.4) is 0 Å². The van der Waals surface area contributed by atoms with Gasteiger partial charge >= 0.3 is 5.97 Å². The number of ether oxygens (including phenoxy) is 1. The van der Waals surface area contributed by atoms with Crippen LogP contribution in [0, 0.1) is 11.2 Å². The monoisotopic (exact) mass is 334 g/mol. The van der Waals surface area contributed by atoms with Gasteiger partial charge in [0.2, 0.25) is 0 Å². The first-order valence-corrected chi connectivity index (χ1v) is 8.66. The van der Waals surface area contributed by atoms with Crippen molar-refractivity contribution in [2.24, 2.45) is 5.41 Å². The molecule has 1 saturated carbocycles. The van der Waals surface area contributed by atoms with Crippen LogP contribution in [-0.4, -0.2) is 27.2 Å². The lowest BCUT2D eigenvalue weighted by atomic mass is 10.1. The van der Waals surface area contributed by atoms with Crippen LogP contribution in [0.4, 0.5) is 4.39 Å². The highest BCUT2D eigenvalue weighted by Gasteiger charge is 2.47. The van der Waals surface area contributed by atoms with Crippen molar-refractivity contribution in [2.45, 2.75) is 25.0 Å². The minimum absolute atomic E-state index is 0.0891. The molecule has 1 aromatic carbocycles. The van der Waals surface area contributed by atoms with Gasteiger partial charge in [-0.05, 0) is 30.4 Å². The molecule has 0 unspecified atom stereocenters. The van der Waals surface area contributed by atoms with E-state index in [0.717, 1.165) is 6.07 Å². The maximum absolute atomic E-state index is 13.7. The lowest BCUT2D eigenvalue weighted by Crippen LogP contribution is -2.22. The van der Waals surface area contributed by atoms with Gasteiger partial charge in [0.05, 0.1) is 25.0 Å². The molecule has 0 aromatic heterocycles. The second-order valence-corrected chi connectivity index (χ2v) is 8.02. The molecule has 1 aliphatic rings. The highest BCUT2D eigenvalue weighted by Crippen LogP contribution is 2.50. The fraction of sp³-hybridized carbons (Fsp3) is 0.500. The molecule has 0 heterocycles. The van der Waals surface area contributed by atoms with E-state index in [0.29, 0.717) is 12.8 Å². The summed E-state index contributed by atoms with van der Waals surface area (Å²) < 4.78 is 42.7. The molecule has 0 atom stereocenters. The summed E-state index contributed by atoms with van der Waals surface area (Å²) in [6.45, 7) is 0. The molecule has 2 rings (SSSR count). The van der Waals surface area contributed by atoms with E-state index in [4.69, 9.17) is 11.6 Å². The first-order chi connectivity index (χ1) is 9.75. The van der Waals surface area contributed by atoms with Crippen molar-refractivity contribution >= 4 is 27.4 Å². The Kier molecular flexibility index (Phi) is 4.58. The van der Waals surface area contributed by atoms with Crippen molar-refractivity contribution in [1.82, 2.24) is 0 Å². The Hall–Kier alpha value is -1.14. The van der Waals surface area contributed by atoms with Crippen molar-refractivity contribution in [3.8, 4) is 0 Å². The number of sulfone groups is 1. The van der Waals surface area contributed by atoms with Crippen LogP contribution < -0.4 is 0 Å². The third-order valence-corrected chi connectivity index (χ3v) is 5.66. The predicted octanol–water partition coefficient (Wildman–Crippen LogP) is 2.74. The number of benzene rings is 1. The zero-order valence-electron chi connectivity index (χ0n) is 11.6. The number of methoxy groups -OCH3 is 1. The summed E-state index contributed by atoms with van der Waals surface area (Å²) in [5, 5.41) is 0.220. The lowest BCUT2D eigenvalue weighted by Gasteiger charge is -2.14. The van der Waals surface area contributed by atoms with Gasteiger partial charge in [0, 0.05) is 10.6 Å². The van der Waals surface area contributed by atoms with Gasteiger partial charge in [0.25, 0.3) is 0 Å². The van der Waals surface area contributed by atoms with Crippen LogP contribution in [0.25, 0.3) is 0 Å². The molecule has 0 aliphatic heterocycles. The van der Waals surface area contributed by atoms with Crippen molar-refractivity contribution in [3.63, 3.8) is 0 Å². The smallest absolute Gasteiger partial charge is 0.306 e. The van der Waals surface area contributed by atoms with Gasteiger partial charge in [0.1, 0.15) is 5.82 Å². The van der Waals surface area contributed by atoms with Crippen LogP contribution in [0.5, 0.6) is 0 Å². The van der Waals surface area contributed by atoms with E-state index in [1.165, 1.54) is 19.2 Å². The molecule has 4 nitrogen and oxygen atoms in total. The minimum atomic E-state index is -3.51. The average Bonchev–Trinajstić information content (AvgIpc) is 3.11. The third kappa shape index (κ3) is 4.41. The van der Waals surface area contributed by atoms with E-state index in [-0.39, 0.29) is 28.5 Å². The third-order valence-electron chi connectivity index (χ3n) is 3.62. The number of carbonyl (C=O) groups is 1. The number of esters is 1. The highest BCUT2D eigenvalue weighted by atomic mass is 35.5. The number of hydrogen-bond acceptors (Lipinski definition) is 4. The lowest BCUT2D eigenvalue weighted by molar-refractivity contribution is -0.141. The number of halogens is 2. The summed E-state index contributed by atoms with van der Waals surface area (Å²) >= 11 is 5.64. The Morgan fingerprint density at radius 1 is 1.43 bits per heavy atom. The quantitative estimate of drug-likeness (QED) is 0.750. The predicted molar refractivity (Wildman–Crippen MR) is 77.2 cm³/mol. The molecule has 21 heavy (non-hydrogen) atoms. The molecule has 116 valence electrons. The zero-order chi connectivity index (χ0) is 15.7. The molecule has 1 fully saturated rings. The summed E-state index contributed by atoms with van der Waals surface area (Å²) in [7, 11) is -2.24. The molecule has 1 aromatic rings. The van der Waals surface area contributed by atoms with Crippen molar-refractivity contribution in [1.29, 1.82) is 0 Å². The molecule has 0 radical (unpaired) electrons. The number of rotatable bonds is 6. The Morgan fingerprint density at radius 2 is 2.10 bits per heavy atom. The topological polar surface area (TPSA) is 60.4 Å². The van der Waals surface area contributed by atoms with Crippen molar-refractivity contribution in [2.75, 3.05) is 12.9 Å². The first-order valence-electron chi connectivity index (χ1n) is 6.46. The number of carbonyl (C=O) groups excluding carboxylic acids is 1. The van der Waals surface area contributed by atoms with Crippen molar-refractivity contribution < 1.29 is 22.3 Å². The summed E-state index contributed by atoms with van der Waals surface area (Å²) in [4.78, 5) is 11.3. The minimum Gasteiger partial charge on any atom is -0.469 e. The molecular formula is C14H16ClFO4S. The second-order valence-electron chi connectivity index (χ2n) is 5.52. The highest BCUT2D eigenvalue weighted by molar-refractivity contribution is 7.90. The first kappa shape index (κ1) is 16.2. The summed E-state index contributed by atoms with van der Waals surface area (Å²) in [6, 6.07) is 3.92. The summed E-state index contributed by atoms with van der Waals surface area (Å²) in [5.74, 6) is -1.57. The molecule has 0 N–H and O–H groups in total.